The minimum atomic E-state index is -3.53. The molecule has 0 bridgehead atoms. The van der Waals surface area contributed by atoms with E-state index < -0.39 is 15.1 Å². The Kier molecular flexibility index (Phi) is 5.79. The predicted octanol–water partition coefficient (Wildman–Crippen LogP) is 3.65. The first-order chi connectivity index (χ1) is 13.2. The van der Waals surface area contributed by atoms with E-state index >= 15 is 0 Å². The summed E-state index contributed by atoms with van der Waals surface area (Å²) < 4.78 is 27.0. The third-order valence-electron chi connectivity index (χ3n) is 5.35. The van der Waals surface area contributed by atoms with Crippen molar-refractivity contribution in [2.24, 2.45) is 5.92 Å². The van der Waals surface area contributed by atoms with E-state index in [1.807, 2.05) is 38.1 Å². The van der Waals surface area contributed by atoms with Crippen LogP contribution < -0.4 is 5.32 Å². The van der Waals surface area contributed by atoms with Crippen LogP contribution in [0.25, 0.3) is 0 Å². The van der Waals surface area contributed by atoms with E-state index in [1.165, 1.54) is 4.90 Å². The van der Waals surface area contributed by atoms with Crippen molar-refractivity contribution in [3.63, 3.8) is 0 Å². The summed E-state index contributed by atoms with van der Waals surface area (Å²) in [5.41, 5.74) is 3.94. The SMILES string of the molecule is Cc1cccc(S(=O)(=O)C2C[C@H](CNC(=O)N(C)C)Cc3ccc(C)cc32)c1. The molecule has 1 aliphatic rings. The topological polar surface area (TPSA) is 66.5 Å². The standard InChI is InChI=1S/C22H28N2O3S/c1-15-6-5-7-19(10-15)28(26,27)21-13-17(14-23-22(25)24(3)4)12-18-9-8-16(2)11-20(18)21/h5-11,17,21H,12-14H2,1-4H3,(H,23,25)/t17-,21?/m1/s1. The number of aryl methyl sites for hydroxylation is 2. The molecular weight excluding hydrogens is 372 g/mol. The molecule has 6 heteroatoms. The van der Waals surface area contributed by atoms with E-state index in [0.29, 0.717) is 17.9 Å². The Bertz CT molecular complexity index is 983. The summed E-state index contributed by atoms with van der Waals surface area (Å²) in [6.45, 7) is 4.35. The van der Waals surface area contributed by atoms with Crippen LogP contribution in [0.2, 0.25) is 0 Å². The molecule has 0 fully saturated rings. The fraction of sp³-hybridized carbons (Fsp3) is 0.409. The molecule has 2 amide bonds. The van der Waals surface area contributed by atoms with E-state index in [-0.39, 0.29) is 11.9 Å². The van der Waals surface area contributed by atoms with Crippen molar-refractivity contribution in [1.29, 1.82) is 0 Å². The van der Waals surface area contributed by atoms with Crippen LogP contribution in [0.4, 0.5) is 4.79 Å². The van der Waals surface area contributed by atoms with Crippen LogP contribution in [0.5, 0.6) is 0 Å². The van der Waals surface area contributed by atoms with Gasteiger partial charge in [0.1, 0.15) is 0 Å². The number of fused-ring (bicyclic) bond motifs is 1. The lowest BCUT2D eigenvalue weighted by atomic mass is 9.83. The van der Waals surface area contributed by atoms with Crippen molar-refractivity contribution in [2.45, 2.75) is 36.8 Å². The van der Waals surface area contributed by atoms with Gasteiger partial charge in [-0.05, 0) is 61.4 Å². The molecule has 1 N–H and O–H groups in total. The number of urea groups is 1. The van der Waals surface area contributed by atoms with E-state index in [4.69, 9.17) is 0 Å². The minimum absolute atomic E-state index is 0.0729. The molecule has 2 aromatic rings. The first-order valence-electron chi connectivity index (χ1n) is 9.53. The maximum absolute atomic E-state index is 13.5. The van der Waals surface area contributed by atoms with Gasteiger partial charge in [-0.15, -0.1) is 0 Å². The van der Waals surface area contributed by atoms with Crippen LogP contribution in [-0.2, 0) is 16.3 Å². The summed E-state index contributed by atoms with van der Waals surface area (Å²) in [6, 6.07) is 13.0. The maximum Gasteiger partial charge on any atom is 0.316 e. The molecule has 0 spiro atoms. The summed E-state index contributed by atoms with van der Waals surface area (Å²) in [5, 5.41) is 2.31. The van der Waals surface area contributed by atoms with Crippen LogP contribution in [0, 0.1) is 19.8 Å². The monoisotopic (exact) mass is 400 g/mol. The van der Waals surface area contributed by atoms with Gasteiger partial charge in [-0.1, -0.05) is 35.9 Å². The molecule has 28 heavy (non-hydrogen) atoms. The van der Waals surface area contributed by atoms with Gasteiger partial charge in [0, 0.05) is 20.6 Å². The summed E-state index contributed by atoms with van der Waals surface area (Å²) in [4.78, 5) is 13.8. The number of rotatable bonds is 4. The highest BCUT2D eigenvalue weighted by molar-refractivity contribution is 7.91. The van der Waals surface area contributed by atoms with Gasteiger partial charge in [0.2, 0.25) is 0 Å². The molecule has 150 valence electrons. The van der Waals surface area contributed by atoms with Crippen LogP contribution in [0.3, 0.4) is 0 Å². The van der Waals surface area contributed by atoms with Crippen LogP contribution in [-0.4, -0.2) is 40.0 Å². The summed E-state index contributed by atoms with van der Waals surface area (Å²) in [5.74, 6) is 0.0729. The predicted molar refractivity (Wildman–Crippen MR) is 111 cm³/mol. The van der Waals surface area contributed by atoms with Gasteiger partial charge in [0.05, 0.1) is 10.1 Å². The zero-order valence-electron chi connectivity index (χ0n) is 16.9. The third kappa shape index (κ3) is 4.22. The Morgan fingerprint density at radius 3 is 2.50 bits per heavy atom. The maximum atomic E-state index is 13.5. The molecule has 0 aliphatic heterocycles. The van der Waals surface area contributed by atoms with E-state index in [0.717, 1.165) is 28.7 Å². The number of amides is 2. The summed E-state index contributed by atoms with van der Waals surface area (Å²) in [6.07, 6.45) is 1.27. The molecule has 2 atom stereocenters. The number of nitrogens with zero attached hydrogens (tertiary/aromatic N) is 1. The number of hydrogen-bond acceptors (Lipinski definition) is 3. The molecule has 1 unspecified atom stereocenters. The van der Waals surface area contributed by atoms with Gasteiger partial charge in [-0.2, -0.15) is 0 Å². The summed E-state index contributed by atoms with van der Waals surface area (Å²) >= 11 is 0. The average molecular weight is 401 g/mol. The third-order valence-corrected chi connectivity index (χ3v) is 7.45. The Morgan fingerprint density at radius 1 is 1.11 bits per heavy atom. The molecule has 0 saturated heterocycles. The van der Waals surface area contributed by atoms with Gasteiger partial charge < -0.3 is 10.2 Å². The molecule has 0 saturated carbocycles. The Hall–Kier alpha value is -2.34. The fourth-order valence-corrected chi connectivity index (χ4v) is 5.85. The lowest BCUT2D eigenvalue weighted by Crippen LogP contribution is -2.39. The molecular formula is C22H28N2O3S. The van der Waals surface area contributed by atoms with Crippen LogP contribution in [0.15, 0.2) is 47.4 Å². The number of carbonyl (C=O) groups is 1. The van der Waals surface area contributed by atoms with E-state index in [1.54, 1.807) is 32.3 Å². The lowest BCUT2D eigenvalue weighted by Gasteiger charge is -2.32. The second-order valence-corrected chi connectivity index (χ2v) is 10.1. The number of nitrogens with one attached hydrogen (secondary N) is 1. The van der Waals surface area contributed by atoms with Crippen LogP contribution >= 0.6 is 0 Å². The van der Waals surface area contributed by atoms with Gasteiger partial charge >= 0.3 is 6.03 Å². The Balaban J connectivity index is 1.96. The number of hydrogen-bond donors (Lipinski definition) is 1. The van der Waals surface area contributed by atoms with Gasteiger partial charge in [-0.25, -0.2) is 13.2 Å². The van der Waals surface area contributed by atoms with Crippen molar-refractivity contribution < 1.29 is 13.2 Å². The molecule has 0 radical (unpaired) electrons. The highest BCUT2D eigenvalue weighted by Gasteiger charge is 2.37. The highest BCUT2D eigenvalue weighted by Crippen LogP contribution is 2.41. The number of carbonyl (C=O) groups excluding carboxylic acids is 1. The quantitative estimate of drug-likeness (QED) is 0.852. The van der Waals surface area contributed by atoms with E-state index in [2.05, 4.69) is 5.32 Å². The number of benzene rings is 2. The van der Waals surface area contributed by atoms with Crippen LogP contribution in [0.1, 0.15) is 33.9 Å². The summed E-state index contributed by atoms with van der Waals surface area (Å²) in [7, 11) is -0.138. The molecule has 5 nitrogen and oxygen atoms in total. The molecule has 2 aromatic carbocycles. The normalized spacial score (nSPS) is 19.0. The fourth-order valence-electron chi connectivity index (χ4n) is 3.82. The second kappa shape index (κ2) is 7.95. The largest absolute Gasteiger partial charge is 0.338 e. The van der Waals surface area contributed by atoms with E-state index in [9.17, 15) is 13.2 Å². The lowest BCUT2D eigenvalue weighted by molar-refractivity contribution is 0.214. The van der Waals surface area contributed by atoms with Crippen molar-refractivity contribution in [1.82, 2.24) is 10.2 Å². The zero-order valence-corrected chi connectivity index (χ0v) is 17.7. The van der Waals surface area contributed by atoms with Crippen molar-refractivity contribution in [3.8, 4) is 0 Å². The second-order valence-electron chi connectivity index (χ2n) is 7.94. The first kappa shape index (κ1) is 20.4. The average Bonchev–Trinajstić information content (AvgIpc) is 2.65. The molecule has 1 aliphatic carbocycles. The number of sulfone groups is 1. The van der Waals surface area contributed by atoms with Crippen molar-refractivity contribution >= 4 is 15.9 Å². The smallest absolute Gasteiger partial charge is 0.316 e. The minimum Gasteiger partial charge on any atom is -0.338 e. The molecule has 0 heterocycles. The van der Waals surface area contributed by atoms with Crippen molar-refractivity contribution in [2.75, 3.05) is 20.6 Å². The Morgan fingerprint density at radius 2 is 1.82 bits per heavy atom. The molecule has 0 aromatic heterocycles. The zero-order chi connectivity index (χ0) is 20.5. The highest BCUT2D eigenvalue weighted by atomic mass is 32.2. The van der Waals surface area contributed by atoms with Gasteiger partial charge in [-0.3, -0.25) is 0 Å². The van der Waals surface area contributed by atoms with Crippen molar-refractivity contribution in [3.05, 3.63) is 64.7 Å². The van der Waals surface area contributed by atoms with Gasteiger partial charge in [0.15, 0.2) is 9.84 Å². The Labute approximate surface area is 167 Å². The first-order valence-corrected chi connectivity index (χ1v) is 11.1. The van der Waals surface area contributed by atoms with Gasteiger partial charge in [0.25, 0.3) is 0 Å². The molecule has 3 rings (SSSR count).